The van der Waals surface area contributed by atoms with E-state index in [4.69, 9.17) is 0 Å². The summed E-state index contributed by atoms with van der Waals surface area (Å²) in [6, 6.07) is 13.0. The Balaban J connectivity index is 1.63. The van der Waals surface area contributed by atoms with Gasteiger partial charge in [0.25, 0.3) is 0 Å². The highest BCUT2D eigenvalue weighted by molar-refractivity contribution is 7.90. The van der Waals surface area contributed by atoms with Crippen molar-refractivity contribution in [2.75, 3.05) is 18.7 Å². The second-order valence-electron chi connectivity index (χ2n) is 6.25. The van der Waals surface area contributed by atoms with Gasteiger partial charge in [0, 0.05) is 17.2 Å². The predicted octanol–water partition coefficient (Wildman–Crippen LogP) is 3.18. The first-order valence-electron chi connectivity index (χ1n) is 8.49. The van der Waals surface area contributed by atoms with Crippen LogP contribution in [0.15, 0.2) is 58.8 Å². The molecule has 0 fully saturated rings. The Hall–Kier alpha value is -3.04. The third-order valence-electron chi connectivity index (χ3n) is 4.07. The molecule has 0 saturated carbocycles. The molecule has 0 unspecified atom stereocenters. The number of methoxy groups -OCH3 is 1. The topological polar surface area (TPSA) is 102 Å². The Morgan fingerprint density at radius 3 is 2.31 bits per heavy atom. The fourth-order valence-corrected chi connectivity index (χ4v) is 3.93. The van der Waals surface area contributed by atoms with Crippen molar-refractivity contribution in [2.45, 2.75) is 11.3 Å². The molecule has 29 heavy (non-hydrogen) atoms. The number of nitrogens with one attached hydrogen (secondary N) is 1. The lowest BCUT2D eigenvalue weighted by Gasteiger charge is -2.04. The SMILES string of the molecule is COC(=O)c1ccc(-c2csc(NC(=O)Cc3ccc(S(C)(=O)=O)cc3)n2)cc1. The zero-order valence-electron chi connectivity index (χ0n) is 15.7. The minimum atomic E-state index is -3.26. The molecule has 3 rings (SSSR count). The molecule has 2 aromatic carbocycles. The molecule has 1 heterocycles. The van der Waals surface area contributed by atoms with Crippen molar-refractivity contribution in [3.63, 3.8) is 0 Å². The van der Waals surface area contributed by atoms with Gasteiger partial charge >= 0.3 is 5.97 Å². The van der Waals surface area contributed by atoms with Crippen molar-refractivity contribution in [3.8, 4) is 11.3 Å². The van der Waals surface area contributed by atoms with E-state index in [1.165, 1.54) is 30.6 Å². The average Bonchev–Trinajstić information content (AvgIpc) is 3.15. The number of sulfone groups is 1. The van der Waals surface area contributed by atoms with Gasteiger partial charge in [-0.1, -0.05) is 24.3 Å². The number of nitrogens with zero attached hydrogens (tertiary/aromatic N) is 1. The zero-order valence-corrected chi connectivity index (χ0v) is 17.3. The van der Waals surface area contributed by atoms with Crippen LogP contribution >= 0.6 is 11.3 Å². The van der Waals surface area contributed by atoms with Crippen molar-refractivity contribution in [2.24, 2.45) is 0 Å². The lowest BCUT2D eigenvalue weighted by Crippen LogP contribution is -2.14. The highest BCUT2D eigenvalue weighted by Gasteiger charge is 2.11. The third-order valence-corrected chi connectivity index (χ3v) is 5.95. The highest BCUT2D eigenvalue weighted by atomic mass is 32.2. The third kappa shape index (κ3) is 5.27. The number of ether oxygens (including phenoxy) is 1. The van der Waals surface area contributed by atoms with Gasteiger partial charge in [-0.25, -0.2) is 18.2 Å². The standard InChI is InChI=1S/C20H18N2O5S2/c1-27-19(24)15-7-5-14(6-8-15)17-12-28-20(21-17)22-18(23)11-13-3-9-16(10-4-13)29(2,25)26/h3-10,12H,11H2,1-2H3,(H,21,22,23). The van der Waals surface area contributed by atoms with Crippen molar-refractivity contribution in [1.82, 2.24) is 4.98 Å². The van der Waals surface area contributed by atoms with E-state index in [0.717, 1.165) is 11.8 Å². The number of thiazole rings is 1. The Labute approximate surface area is 172 Å². The van der Waals surface area contributed by atoms with Crippen LogP contribution in [0.25, 0.3) is 11.3 Å². The van der Waals surface area contributed by atoms with Gasteiger partial charge in [-0.2, -0.15) is 0 Å². The maximum atomic E-state index is 12.2. The Bertz CT molecular complexity index is 1130. The number of amides is 1. The first-order chi connectivity index (χ1) is 13.8. The minimum Gasteiger partial charge on any atom is -0.465 e. The van der Waals surface area contributed by atoms with Crippen LogP contribution in [0.5, 0.6) is 0 Å². The summed E-state index contributed by atoms with van der Waals surface area (Å²) in [6.07, 6.45) is 1.24. The summed E-state index contributed by atoms with van der Waals surface area (Å²) >= 11 is 1.29. The number of carbonyl (C=O) groups is 2. The second-order valence-corrected chi connectivity index (χ2v) is 9.12. The van der Waals surface area contributed by atoms with Crippen LogP contribution in [0.4, 0.5) is 5.13 Å². The predicted molar refractivity (Wildman–Crippen MR) is 111 cm³/mol. The first kappa shape index (κ1) is 20.7. The molecule has 0 atom stereocenters. The summed E-state index contributed by atoms with van der Waals surface area (Å²) in [6.45, 7) is 0. The van der Waals surface area contributed by atoms with Crippen LogP contribution in [0.2, 0.25) is 0 Å². The summed E-state index contributed by atoms with van der Waals surface area (Å²) in [5.41, 5.74) is 2.64. The number of aromatic nitrogens is 1. The number of anilines is 1. The molecule has 0 radical (unpaired) electrons. The van der Waals surface area contributed by atoms with Crippen molar-refractivity contribution in [3.05, 3.63) is 65.0 Å². The first-order valence-corrected chi connectivity index (χ1v) is 11.3. The van der Waals surface area contributed by atoms with Crippen LogP contribution in [0, 0.1) is 0 Å². The van der Waals surface area contributed by atoms with Gasteiger partial charge < -0.3 is 10.1 Å². The van der Waals surface area contributed by atoms with Crippen molar-refractivity contribution in [1.29, 1.82) is 0 Å². The van der Waals surface area contributed by atoms with Gasteiger partial charge in [-0.15, -0.1) is 11.3 Å². The molecule has 0 saturated heterocycles. The molecule has 0 aliphatic carbocycles. The van der Waals surface area contributed by atoms with Gasteiger partial charge in [0.1, 0.15) is 0 Å². The van der Waals surface area contributed by atoms with E-state index >= 15 is 0 Å². The maximum Gasteiger partial charge on any atom is 0.337 e. The Morgan fingerprint density at radius 2 is 1.72 bits per heavy atom. The van der Waals surface area contributed by atoms with E-state index in [9.17, 15) is 18.0 Å². The molecule has 7 nitrogen and oxygen atoms in total. The maximum absolute atomic E-state index is 12.2. The molecule has 0 bridgehead atoms. The molecule has 0 spiro atoms. The summed E-state index contributed by atoms with van der Waals surface area (Å²) in [5, 5.41) is 5.00. The van der Waals surface area contributed by atoms with Crippen LogP contribution in [-0.4, -0.2) is 38.6 Å². The number of benzene rings is 2. The summed E-state index contributed by atoms with van der Waals surface area (Å²) < 4.78 is 27.6. The molecule has 0 aliphatic rings. The Kier molecular flexibility index (Phi) is 6.09. The van der Waals surface area contributed by atoms with Crippen LogP contribution < -0.4 is 5.32 Å². The molecule has 1 aromatic heterocycles. The van der Waals surface area contributed by atoms with Gasteiger partial charge in [0.15, 0.2) is 15.0 Å². The highest BCUT2D eigenvalue weighted by Crippen LogP contribution is 2.25. The fourth-order valence-electron chi connectivity index (χ4n) is 2.56. The van der Waals surface area contributed by atoms with Gasteiger partial charge in [0.2, 0.25) is 5.91 Å². The van der Waals surface area contributed by atoms with Crippen molar-refractivity contribution < 1.29 is 22.7 Å². The lowest BCUT2D eigenvalue weighted by atomic mass is 10.1. The molecule has 1 amide bonds. The normalized spacial score (nSPS) is 11.1. The van der Waals surface area contributed by atoms with Crippen LogP contribution in [0.1, 0.15) is 15.9 Å². The van der Waals surface area contributed by atoms with E-state index in [1.54, 1.807) is 36.4 Å². The van der Waals surface area contributed by atoms with Gasteiger partial charge in [-0.3, -0.25) is 4.79 Å². The second kappa shape index (κ2) is 8.54. The molecule has 1 N–H and O–H groups in total. The molecule has 150 valence electrons. The van der Waals surface area contributed by atoms with Crippen molar-refractivity contribution >= 4 is 38.2 Å². The largest absolute Gasteiger partial charge is 0.465 e. The zero-order chi connectivity index (χ0) is 21.0. The average molecular weight is 431 g/mol. The quantitative estimate of drug-likeness (QED) is 0.603. The number of carbonyl (C=O) groups excluding carboxylic acids is 2. The molecule has 3 aromatic rings. The summed E-state index contributed by atoms with van der Waals surface area (Å²) in [4.78, 5) is 28.3. The molecular weight excluding hydrogens is 412 g/mol. The molecular formula is C20H18N2O5S2. The molecule has 0 aliphatic heterocycles. The summed E-state index contributed by atoms with van der Waals surface area (Å²) in [7, 11) is -1.94. The van der Waals surface area contributed by atoms with Gasteiger partial charge in [-0.05, 0) is 29.8 Å². The van der Waals surface area contributed by atoms with Crippen LogP contribution in [-0.2, 0) is 25.8 Å². The lowest BCUT2D eigenvalue weighted by molar-refractivity contribution is -0.115. The number of esters is 1. The minimum absolute atomic E-state index is 0.104. The number of hydrogen-bond acceptors (Lipinski definition) is 7. The number of rotatable bonds is 6. The number of hydrogen-bond donors (Lipinski definition) is 1. The van der Waals surface area contributed by atoms with E-state index in [-0.39, 0.29) is 17.2 Å². The van der Waals surface area contributed by atoms with Crippen LogP contribution in [0.3, 0.4) is 0 Å². The molecule has 9 heteroatoms. The van der Waals surface area contributed by atoms with E-state index in [0.29, 0.717) is 22.0 Å². The van der Waals surface area contributed by atoms with E-state index < -0.39 is 15.8 Å². The summed E-state index contributed by atoms with van der Waals surface area (Å²) in [5.74, 6) is -0.661. The smallest absolute Gasteiger partial charge is 0.337 e. The van der Waals surface area contributed by atoms with E-state index in [1.807, 2.05) is 5.38 Å². The van der Waals surface area contributed by atoms with Gasteiger partial charge in [0.05, 0.1) is 29.7 Å². The fraction of sp³-hybridized carbons (Fsp3) is 0.150. The Morgan fingerprint density at radius 1 is 1.07 bits per heavy atom. The monoisotopic (exact) mass is 430 g/mol. The van der Waals surface area contributed by atoms with E-state index in [2.05, 4.69) is 15.0 Å².